The first-order chi connectivity index (χ1) is 13.0. The van der Waals surface area contributed by atoms with Crippen molar-refractivity contribution >= 4 is 5.91 Å². The zero-order chi connectivity index (χ0) is 19.0. The lowest BCUT2D eigenvalue weighted by Crippen LogP contribution is -2.49. The van der Waals surface area contributed by atoms with Gasteiger partial charge in [0.1, 0.15) is 6.54 Å². The number of nitrogens with zero attached hydrogens (tertiary/aromatic N) is 4. The molecule has 6 heteroatoms. The van der Waals surface area contributed by atoms with Crippen LogP contribution in [0, 0.1) is 12.8 Å². The molecule has 142 valence electrons. The van der Waals surface area contributed by atoms with E-state index < -0.39 is 0 Å². The summed E-state index contributed by atoms with van der Waals surface area (Å²) in [6.45, 7) is 4.36. The first-order valence-corrected chi connectivity index (χ1v) is 9.60. The quantitative estimate of drug-likeness (QED) is 0.826. The van der Waals surface area contributed by atoms with Gasteiger partial charge in [0.2, 0.25) is 5.91 Å². The van der Waals surface area contributed by atoms with Crippen molar-refractivity contribution in [3.8, 4) is 0 Å². The summed E-state index contributed by atoms with van der Waals surface area (Å²) in [4.78, 5) is 29.2. The molecule has 27 heavy (non-hydrogen) atoms. The molecular weight excluding hydrogens is 340 g/mol. The Hall–Kier alpha value is -2.47. The molecule has 2 aliphatic heterocycles. The monoisotopic (exact) mass is 366 g/mol. The number of hydrogen-bond donors (Lipinski definition) is 0. The lowest BCUT2D eigenvalue weighted by atomic mass is 9.82. The average Bonchev–Trinajstić information content (AvgIpc) is 3.01. The van der Waals surface area contributed by atoms with E-state index >= 15 is 0 Å². The van der Waals surface area contributed by atoms with Gasteiger partial charge in [0, 0.05) is 43.6 Å². The summed E-state index contributed by atoms with van der Waals surface area (Å²) in [7, 11) is 2.19. The normalized spacial score (nSPS) is 25.4. The fourth-order valence-electron chi connectivity index (χ4n) is 4.67. The largest absolute Gasteiger partial charge is 0.341 e. The van der Waals surface area contributed by atoms with E-state index in [0.29, 0.717) is 17.9 Å². The lowest BCUT2D eigenvalue weighted by molar-refractivity contribution is -0.134. The number of piperidine rings is 1. The molecule has 0 N–H and O–H groups in total. The van der Waals surface area contributed by atoms with E-state index in [-0.39, 0.29) is 18.0 Å². The number of aromatic nitrogens is 2. The van der Waals surface area contributed by atoms with Crippen molar-refractivity contribution in [2.45, 2.75) is 31.8 Å². The van der Waals surface area contributed by atoms with Crippen LogP contribution in [0.4, 0.5) is 0 Å². The fraction of sp³-hybridized carbons (Fsp3) is 0.476. The standard InChI is InChI=1S/C21H26N4O2/c1-15-8-9-20(26)25(22-15)14-21(27)24-11-10-19-18(13-24)17(12-23(19)2)16-6-4-3-5-7-16/h3-9,17-19H,10-14H2,1-2H3/t17-,18-,19-/m1/s1. The van der Waals surface area contributed by atoms with Gasteiger partial charge in [-0.05, 0) is 32.0 Å². The van der Waals surface area contributed by atoms with Crippen molar-refractivity contribution in [1.29, 1.82) is 0 Å². The van der Waals surface area contributed by atoms with Crippen LogP contribution in [0.25, 0.3) is 0 Å². The summed E-state index contributed by atoms with van der Waals surface area (Å²) >= 11 is 0. The number of carbonyl (C=O) groups is 1. The van der Waals surface area contributed by atoms with Crippen LogP contribution < -0.4 is 5.56 Å². The van der Waals surface area contributed by atoms with Crippen molar-refractivity contribution in [3.63, 3.8) is 0 Å². The molecule has 0 bridgehead atoms. The molecule has 6 nitrogen and oxygen atoms in total. The number of likely N-dealkylation sites (tertiary alicyclic amines) is 2. The van der Waals surface area contributed by atoms with Crippen molar-refractivity contribution in [1.82, 2.24) is 19.6 Å². The number of likely N-dealkylation sites (N-methyl/N-ethyl adjacent to an activating group) is 1. The molecule has 3 heterocycles. The average molecular weight is 366 g/mol. The predicted molar refractivity (Wildman–Crippen MR) is 104 cm³/mol. The number of rotatable bonds is 3. The van der Waals surface area contributed by atoms with Gasteiger partial charge in [-0.15, -0.1) is 0 Å². The highest BCUT2D eigenvalue weighted by atomic mass is 16.2. The third-order valence-electron chi connectivity index (χ3n) is 6.05. The number of fused-ring (bicyclic) bond motifs is 1. The first kappa shape index (κ1) is 17.9. The zero-order valence-corrected chi connectivity index (χ0v) is 15.9. The highest BCUT2D eigenvalue weighted by Gasteiger charge is 2.44. The van der Waals surface area contributed by atoms with Gasteiger partial charge in [-0.25, -0.2) is 4.68 Å². The molecule has 2 fully saturated rings. The number of carbonyl (C=O) groups excluding carboxylic acids is 1. The van der Waals surface area contributed by atoms with Crippen molar-refractivity contribution in [2.24, 2.45) is 5.92 Å². The number of benzene rings is 1. The van der Waals surface area contributed by atoms with Gasteiger partial charge < -0.3 is 9.80 Å². The van der Waals surface area contributed by atoms with Gasteiger partial charge in [0.15, 0.2) is 0 Å². The first-order valence-electron chi connectivity index (χ1n) is 9.60. The summed E-state index contributed by atoms with van der Waals surface area (Å²) in [6, 6.07) is 14.3. The van der Waals surface area contributed by atoms with Gasteiger partial charge in [-0.2, -0.15) is 5.10 Å². The van der Waals surface area contributed by atoms with E-state index in [1.807, 2.05) is 17.9 Å². The van der Waals surface area contributed by atoms with E-state index in [1.54, 1.807) is 6.07 Å². The molecule has 1 amide bonds. The summed E-state index contributed by atoms with van der Waals surface area (Å²) in [5, 5.41) is 4.20. The molecule has 2 aromatic rings. The zero-order valence-electron chi connectivity index (χ0n) is 15.9. The fourth-order valence-corrected chi connectivity index (χ4v) is 4.67. The maximum Gasteiger partial charge on any atom is 0.267 e. The number of amides is 1. The van der Waals surface area contributed by atoms with E-state index in [0.717, 1.165) is 31.7 Å². The minimum atomic E-state index is -0.230. The van der Waals surface area contributed by atoms with E-state index in [4.69, 9.17) is 0 Å². The van der Waals surface area contributed by atoms with Crippen LogP contribution in [0.2, 0.25) is 0 Å². The molecule has 0 aliphatic carbocycles. The molecule has 1 aromatic heterocycles. The highest BCUT2D eigenvalue weighted by Crippen LogP contribution is 2.40. The van der Waals surface area contributed by atoms with Crippen molar-refractivity contribution < 1.29 is 4.79 Å². The van der Waals surface area contributed by atoms with Crippen LogP contribution in [0.15, 0.2) is 47.3 Å². The Morgan fingerprint density at radius 1 is 1.15 bits per heavy atom. The van der Waals surface area contributed by atoms with E-state index in [1.165, 1.54) is 16.3 Å². The molecule has 2 saturated heterocycles. The summed E-state index contributed by atoms with van der Waals surface area (Å²) < 4.78 is 1.28. The summed E-state index contributed by atoms with van der Waals surface area (Å²) in [6.07, 6.45) is 0.979. The van der Waals surface area contributed by atoms with Crippen molar-refractivity contribution in [3.05, 3.63) is 64.1 Å². The molecule has 0 radical (unpaired) electrons. The Morgan fingerprint density at radius 3 is 2.70 bits per heavy atom. The van der Waals surface area contributed by atoms with Crippen LogP contribution in [0.1, 0.15) is 23.6 Å². The van der Waals surface area contributed by atoms with Gasteiger partial charge >= 0.3 is 0 Å². The van der Waals surface area contributed by atoms with Gasteiger partial charge in [-0.1, -0.05) is 30.3 Å². The Bertz CT molecular complexity index is 879. The van der Waals surface area contributed by atoms with Crippen LogP contribution in [0.3, 0.4) is 0 Å². The molecule has 4 rings (SSSR count). The summed E-state index contributed by atoms with van der Waals surface area (Å²) in [5.74, 6) is 0.851. The maximum absolute atomic E-state index is 12.9. The van der Waals surface area contributed by atoms with E-state index in [9.17, 15) is 9.59 Å². The van der Waals surface area contributed by atoms with Crippen LogP contribution >= 0.6 is 0 Å². The van der Waals surface area contributed by atoms with Gasteiger partial charge in [-0.3, -0.25) is 9.59 Å². The smallest absolute Gasteiger partial charge is 0.267 e. The Morgan fingerprint density at radius 2 is 1.93 bits per heavy atom. The Balaban J connectivity index is 1.50. The van der Waals surface area contributed by atoms with Gasteiger partial charge in [0.25, 0.3) is 5.56 Å². The summed E-state index contributed by atoms with van der Waals surface area (Å²) in [5.41, 5.74) is 1.86. The minimum absolute atomic E-state index is 0.0176. The van der Waals surface area contributed by atoms with Crippen LogP contribution in [-0.2, 0) is 11.3 Å². The second kappa shape index (κ2) is 7.27. The third-order valence-corrected chi connectivity index (χ3v) is 6.05. The second-order valence-electron chi connectivity index (χ2n) is 7.79. The van der Waals surface area contributed by atoms with Gasteiger partial charge in [0.05, 0.1) is 5.69 Å². The highest BCUT2D eigenvalue weighted by molar-refractivity contribution is 5.76. The number of aryl methyl sites for hydroxylation is 1. The van der Waals surface area contributed by atoms with E-state index in [2.05, 4.69) is 41.3 Å². The third kappa shape index (κ3) is 3.54. The molecule has 3 atom stereocenters. The van der Waals surface area contributed by atoms with Crippen LogP contribution in [0.5, 0.6) is 0 Å². The molecule has 0 spiro atoms. The maximum atomic E-state index is 12.9. The minimum Gasteiger partial charge on any atom is -0.341 e. The topological polar surface area (TPSA) is 58.4 Å². The molecule has 1 aromatic carbocycles. The lowest BCUT2D eigenvalue weighted by Gasteiger charge is -2.38. The Kier molecular flexibility index (Phi) is 4.83. The van der Waals surface area contributed by atoms with Crippen LogP contribution in [-0.4, -0.2) is 58.2 Å². The second-order valence-corrected chi connectivity index (χ2v) is 7.79. The Labute approximate surface area is 159 Å². The van der Waals surface area contributed by atoms with Crippen molar-refractivity contribution in [2.75, 3.05) is 26.7 Å². The molecule has 0 saturated carbocycles. The molecule has 0 unspecified atom stereocenters. The number of hydrogen-bond acceptors (Lipinski definition) is 4. The SMILES string of the molecule is Cc1ccc(=O)n(CC(=O)N2CC[C@@H]3[C@H](C2)[C@@H](c2ccccc2)CN3C)n1. The molecular formula is C21H26N4O2. The molecule has 2 aliphatic rings. The predicted octanol–water partition coefficient (Wildman–Crippen LogP) is 1.50.